The highest BCUT2D eigenvalue weighted by Crippen LogP contribution is 2.08. The molecule has 2 amide bonds. The first-order valence-corrected chi connectivity index (χ1v) is 8.03. The largest absolute Gasteiger partial charge is 0.481 e. The van der Waals surface area contributed by atoms with Crippen LogP contribution in [0.4, 0.5) is 4.79 Å². The lowest BCUT2D eigenvalue weighted by molar-refractivity contribution is -0.137. The lowest BCUT2D eigenvalue weighted by atomic mass is 10.2. The van der Waals surface area contributed by atoms with Crippen LogP contribution in [0.3, 0.4) is 0 Å². The number of carbonyl (C=O) groups is 2. The number of carboxylic acids is 1. The maximum atomic E-state index is 12.0. The summed E-state index contributed by atoms with van der Waals surface area (Å²) < 4.78 is 0. The number of nitrogens with one attached hydrogen (secondary N) is 1. The van der Waals surface area contributed by atoms with Crippen LogP contribution in [0.2, 0.25) is 0 Å². The molecule has 6 heteroatoms. The third-order valence-corrected chi connectivity index (χ3v) is 4.16. The van der Waals surface area contributed by atoms with Crippen molar-refractivity contribution in [3.8, 4) is 0 Å². The zero-order valence-corrected chi connectivity index (χ0v) is 13.3. The molecule has 1 atom stereocenters. The molecule has 6 nitrogen and oxygen atoms in total. The Morgan fingerprint density at radius 1 is 1.14 bits per heavy atom. The number of unbranched alkanes of at least 4 members (excludes halogenated alkanes) is 2. The fraction of sp³-hybridized carbons (Fsp3) is 0.867. The zero-order chi connectivity index (χ0) is 15.7. The summed E-state index contributed by atoms with van der Waals surface area (Å²) in [5.74, 6) is -0.752. The van der Waals surface area contributed by atoms with Gasteiger partial charge in [0.2, 0.25) is 0 Å². The van der Waals surface area contributed by atoms with Gasteiger partial charge in [0.25, 0.3) is 0 Å². The van der Waals surface area contributed by atoms with Gasteiger partial charge in [-0.3, -0.25) is 9.69 Å². The average molecular weight is 299 g/mol. The second-order valence-corrected chi connectivity index (χ2v) is 5.72. The second-order valence-electron chi connectivity index (χ2n) is 5.72. The Morgan fingerprint density at radius 2 is 1.81 bits per heavy atom. The first kappa shape index (κ1) is 17.8. The Morgan fingerprint density at radius 3 is 2.38 bits per heavy atom. The van der Waals surface area contributed by atoms with Gasteiger partial charge in [-0.1, -0.05) is 13.3 Å². The predicted octanol–water partition coefficient (Wildman–Crippen LogP) is 1.76. The molecule has 1 unspecified atom stereocenters. The van der Waals surface area contributed by atoms with Gasteiger partial charge >= 0.3 is 12.0 Å². The number of urea groups is 1. The van der Waals surface area contributed by atoms with E-state index < -0.39 is 5.97 Å². The van der Waals surface area contributed by atoms with E-state index >= 15 is 0 Å². The quantitative estimate of drug-likeness (QED) is 0.670. The van der Waals surface area contributed by atoms with E-state index in [0.717, 1.165) is 45.4 Å². The normalized spacial score (nSPS) is 17.5. The third-order valence-electron chi connectivity index (χ3n) is 4.16. The number of amides is 2. The molecule has 1 aliphatic heterocycles. The Bertz CT molecular complexity index is 328. The van der Waals surface area contributed by atoms with Gasteiger partial charge < -0.3 is 15.3 Å². The van der Waals surface area contributed by atoms with E-state index in [2.05, 4.69) is 24.1 Å². The summed E-state index contributed by atoms with van der Waals surface area (Å²) in [5.41, 5.74) is 0. The van der Waals surface area contributed by atoms with Crippen molar-refractivity contribution in [2.45, 2.75) is 52.0 Å². The van der Waals surface area contributed by atoms with Crippen molar-refractivity contribution >= 4 is 12.0 Å². The van der Waals surface area contributed by atoms with E-state index in [0.29, 0.717) is 19.0 Å². The van der Waals surface area contributed by atoms with Gasteiger partial charge in [-0.2, -0.15) is 0 Å². The van der Waals surface area contributed by atoms with E-state index in [1.807, 2.05) is 4.90 Å². The van der Waals surface area contributed by atoms with Crippen LogP contribution in [0, 0.1) is 0 Å². The number of piperazine rings is 1. The van der Waals surface area contributed by atoms with Crippen molar-refractivity contribution in [3.63, 3.8) is 0 Å². The molecule has 0 spiro atoms. The number of aliphatic carboxylic acids is 1. The Labute approximate surface area is 127 Å². The minimum absolute atomic E-state index is 0.0111. The molecule has 0 bridgehead atoms. The SMILES string of the molecule is CCC(C)N1CCN(C(=O)NCCCCCC(=O)O)CC1. The van der Waals surface area contributed by atoms with Crippen LogP contribution < -0.4 is 5.32 Å². The summed E-state index contributed by atoms with van der Waals surface area (Å²) in [5, 5.41) is 11.4. The number of carbonyl (C=O) groups excluding carboxylic acids is 1. The highest BCUT2D eigenvalue weighted by atomic mass is 16.4. The summed E-state index contributed by atoms with van der Waals surface area (Å²) in [4.78, 5) is 26.6. The molecule has 2 N–H and O–H groups in total. The van der Waals surface area contributed by atoms with Gasteiger partial charge in [-0.15, -0.1) is 0 Å². The molecule has 21 heavy (non-hydrogen) atoms. The van der Waals surface area contributed by atoms with Gasteiger partial charge in [0.15, 0.2) is 0 Å². The summed E-state index contributed by atoms with van der Waals surface area (Å²) in [6.45, 7) is 8.51. The topological polar surface area (TPSA) is 72.9 Å². The monoisotopic (exact) mass is 299 g/mol. The molecule has 0 aromatic heterocycles. The standard InChI is InChI=1S/C15H29N3O3/c1-3-13(2)17-9-11-18(12-10-17)15(21)16-8-6-4-5-7-14(19)20/h13H,3-12H2,1-2H3,(H,16,21)(H,19,20). The number of hydrogen-bond acceptors (Lipinski definition) is 3. The molecule has 1 rings (SSSR count). The van der Waals surface area contributed by atoms with Crippen LogP contribution in [0.5, 0.6) is 0 Å². The lowest BCUT2D eigenvalue weighted by Gasteiger charge is -2.37. The van der Waals surface area contributed by atoms with Crippen LogP contribution in [0.15, 0.2) is 0 Å². The Hall–Kier alpha value is -1.30. The lowest BCUT2D eigenvalue weighted by Crippen LogP contribution is -2.53. The molecule has 1 aliphatic rings. The molecule has 1 fully saturated rings. The van der Waals surface area contributed by atoms with Gasteiger partial charge in [0.1, 0.15) is 0 Å². The van der Waals surface area contributed by atoms with Gasteiger partial charge in [0, 0.05) is 45.2 Å². The fourth-order valence-corrected chi connectivity index (χ4v) is 2.51. The minimum atomic E-state index is -0.752. The third kappa shape index (κ3) is 6.80. The second kappa shape index (κ2) is 9.60. The molecule has 0 radical (unpaired) electrons. The summed E-state index contributed by atoms with van der Waals surface area (Å²) in [6, 6.07) is 0.599. The minimum Gasteiger partial charge on any atom is -0.481 e. The van der Waals surface area contributed by atoms with E-state index in [1.54, 1.807) is 0 Å². The van der Waals surface area contributed by atoms with Gasteiger partial charge in [-0.25, -0.2) is 4.79 Å². The molecule has 0 aromatic carbocycles. The average Bonchev–Trinajstić information content (AvgIpc) is 2.49. The molecular weight excluding hydrogens is 270 g/mol. The Balaban J connectivity index is 2.10. The van der Waals surface area contributed by atoms with Crippen LogP contribution >= 0.6 is 0 Å². The van der Waals surface area contributed by atoms with Crippen LogP contribution in [0.25, 0.3) is 0 Å². The maximum absolute atomic E-state index is 12.0. The number of hydrogen-bond donors (Lipinski definition) is 2. The van der Waals surface area contributed by atoms with E-state index in [9.17, 15) is 9.59 Å². The Kier molecular flexibility index (Phi) is 8.12. The van der Waals surface area contributed by atoms with E-state index in [4.69, 9.17) is 5.11 Å². The van der Waals surface area contributed by atoms with E-state index in [-0.39, 0.29) is 12.5 Å². The van der Waals surface area contributed by atoms with Crippen molar-refractivity contribution in [1.82, 2.24) is 15.1 Å². The van der Waals surface area contributed by atoms with Gasteiger partial charge in [-0.05, 0) is 26.2 Å². The van der Waals surface area contributed by atoms with Crippen molar-refractivity contribution < 1.29 is 14.7 Å². The van der Waals surface area contributed by atoms with Gasteiger partial charge in [0.05, 0.1) is 0 Å². The molecule has 1 saturated heterocycles. The highest BCUT2D eigenvalue weighted by Gasteiger charge is 2.22. The summed E-state index contributed by atoms with van der Waals surface area (Å²) in [7, 11) is 0. The first-order chi connectivity index (χ1) is 10.0. The number of rotatable bonds is 8. The zero-order valence-electron chi connectivity index (χ0n) is 13.3. The van der Waals surface area contributed by atoms with E-state index in [1.165, 1.54) is 0 Å². The molecule has 0 aromatic rings. The molecular formula is C15H29N3O3. The number of nitrogens with zero attached hydrogens (tertiary/aromatic N) is 2. The first-order valence-electron chi connectivity index (χ1n) is 8.03. The summed E-state index contributed by atoms with van der Waals surface area (Å²) >= 11 is 0. The summed E-state index contributed by atoms with van der Waals surface area (Å²) in [6.07, 6.45) is 3.72. The number of carboxylic acid groups (broad SMARTS) is 1. The fourth-order valence-electron chi connectivity index (χ4n) is 2.51. The van der Waals surface area contributed by atoms with Crippen LogP contribution in [0.1, 0.15) is 46.0 Å². The molecule has 122 valence electrons. The molecule has 0 saturated carbocycles. The van der Waals surface area contributed by atoms with Crippen molar-refractivity contribution in [2.75, 3.05) is 32.7 Å². The maximum Gasteiger partial charge on any atom is 0.317 e. The molecule has 0 aliphatic carbocycles. The van der Waals surface area contributed by atoms with Crippen molar-refractivity contribution in [2.24, 2.45) is 0 Å². The molecule has 1 heterocycles. The van der Waals surface area contributed by atoms with Crippen LogP contribution in [-0.2, 0) is 4.79 Å². The highest BCUT2D eigenvalue weighted by molar-refractivity contribution is 5.74. The van der Waals surface area contributed by atoms with Crippen LogP contribution in [-0.4, -0.2) is 65.7 Å². The predicted molar refractivity (Wildman–Crippen MR) is 82.4 cm³/mol. The van der Waals surface area contributed by atoms with Crippen molar-refractivity contribution in [3.05, 3.63) is 0 Å². The smallest absolute Gasteiger partial charge is 0.317 e. The van der Waals surface area contributed by atoms with Crippen molar-refractivity contribution in [1.29, 1.82) is 0 Å².